The van der Waals surface area contributed by atoms with Crippen LogP contribution in [0.1, 0.15) is 70.5 Å². The van der Waals surface area contributed by atoms with E-state index in [2.05, 4.69) is 17.6 Å². The van der Waals surface area contributed by atoms with Gasteiger partial charge in [0, 0.05) is 12.2 Å². The van der Waals surface area contributed by atoms with E-state index >= 15 is 0 Å². The lowest BCUT2D eigenvalue weighted by Gasteiger charge is -2.34. The number of nitrogens with zero attached hydrogens (tertiary/aromatic N) is 1. The first-order valence-electron chi connectivity index (χ1n) is 14.7. The first-order chi connectivity index (χ1) is 20.0. The summed E-state index contributed by atoms with van der Waals surface area (Å²) in [5.74, 6) is 0.0538. The number of fused-ring (bicyclic) bond motifs is 1. The number of hydrogen-bond acceptors (Lipinski definition) is 5. The fraction of sp³-hybridized carbons (Fsp3) is 0.441. The van der Waals surface area contributed by atoms with Crippen molar-refractivity contribution in [1.82, 2.24) is 10.2 Å². The zero-order valence-corrected chi connectivity index (χ0v) is 26.6. The molecule has 2 unspecified atom stereocenters. The zero-order valence-electron chi connectivity index (χ0n) is 25.7. The highest BCUT2D eigenvalue weighted by molar-refractivity contribution is 7.98. The molecule has 0 aromatic heterocycles. The Kier molecular flexibility index (Phi) is 12.3. The Morgan fingerprint density at radius 1 is 0.952 bits per heavy atom. The van der Waals surface area contributed by atoms with Crippen LogP contribution in [0.15, 0.2) is 66.7 Å². The molecule has 0 aliphatic carbocycles. The van der Waals surface area contributed by atoms with Gasteiger partial charge in [-0.05, 0) is 81.0 Å². The van der Waals surface area contributed by atoms with E-state index in [1.54, 1.807) is 37.4 Å². The van der Waals surface area contributed by atoms with Crippen LogP contribution in [0.3, 0.4) is 0 Å². The molecule has 0 saturated heterocycles. The summed E-state index contributed by atoms with van der Waals surface area (Å²) >= 11 is 1.59. The van der Waals surface area contributed by atoms with Gasteiger partial charge in [-0.3, -0.25) is 9.59 Å². The molecule has 3 amide bonds. The van der Waals surface area contributed by atoms with Gasteiger partial charge in [0.15, 0.2) is 0 Å². The van der Waals surface area contributed by atoms with E-state index in [-0.39, 0.29) is 11.8 Å². The van der Waals surface area contributed by atoms with E-state index in [0.717, 1.165) is 35.6 Å². The maximum atomic E-state index is 14.3. The zero-order chi connectivity index (χ0) is 30.7. The highest BCUT2D eigenvalue weighted by Crippen LogP contribution is 2.27. The van der Waals surface area contributed by atoms with Crippen LogP contribution in [0.2, 0.25) is 0 Å². The van der Waals surface area contributed by atoms with Gasteiger partial charge >= 0.3 is 6.09 Å². The number of benzene rings is 3. The van der Waals surface area contributed by atoms with Crippen LogP contribution < -0.4 is 10.6 Å². The summed E-state index contributed by atoms with van der Waals surface area (Å²) < 4.78 is 5.49. The minimum atomic E-state index is -0.890. The van der Waals surface area contributed by atoms with E-state index in [0.29, 0.717) is 30.0 Å². The van der Waals surface area contributed by atoms with Crippen molar-refractivity contribution in [2.24, 2.45) is 0 Å². The highest BCUT2D eigenvalue weighted by Gasteiger charge is 2.36. The number of thioether (sulfide) groups is 1. The predicted molar refractivity (Wildman–Crippen MR) is 174 cm³/mol. The number of unbranched alkanes of at least 4 members (excludes halogenated alkanes) is 2. The number of ether oxygens (including phenoxy) is 1. The van der Waals surface area contributed by atoms with Gasteiger partial charge in [0.25, 0.3) is 5.91 Å². The van der Waals surface area contributed by atoms with Crippen LogP contribution in [-0.2, 0) is 14.3 Å². The van der Waals surface area contributed by atoms with Crippen LogP contribution in [0, 0.1) is 6.92 Å². The normalized spacial score (nSPS) is 12.8. The topological polar surface area (TPSA) is 87.7 Å². The Balaban J connectivity index is 2.01. The molecule has 0 heterocycles. The molecule has 0 bridgehead atoms. The second kappa shape index (κ2) is 15.6. The molecule has 0 fully saturated rings. The third kappa shape index (κ3) is 9.79. The third-order valence-corrected chi connectivity index (χ3v) is 7.50. The van der Waals surface area contributed by atoms with Crippen molar-refractivity contribution in [1.29, 1.82) is 0 Å². The lowest BCUT2D eigenvalue weighted by molar-refractivity contribution is -0.141. The van der Waals surface area contributed by atoms with Gasteiger partial charge in [-0.2, -0.15) is 11.8 Å². The lowest BCUT2D eigenvalue weighted by Crippen LogP contribution is -2.52. The fourth-order valence-corrected chi connectivity index (χ4v) is 5.21. The largest absolute Gasteiger partial charge is 0.444 e. The maximum Gasteiger partial charge on any atom is 0.408 e. The average Bonchev–Trinajstić information content (AvgIpc) is 2.94. The smallest absolute Gasteiger partial charge is 0.408 e. The molecular formula is C34H45N3O4S. The van der Waals surface area contributed by atoms with Crippen LogP contribution in [0.5, 0.6) is 0 Å². The quantitative estimate of drug-likeness (QED) is 0.201. The SMILES string of the molecule is CCCCCN(C(=O)C(CCSC)NC(=O)OC(C)(C)C)C(C(=O)Nc1ccc2ccccc2c1)c1ccc(C)cc1. The summed E-state index contributed by atoms with van der Waals surface area (Å²) in [4.78, 5) is 42.9. The van der Waals surface area contributed by atoms with Crippen LogP contribution in [-0.4, -0.2) is 53.0 Å². The van der Waals surface area contributed by atoms with Crippen LogP contribution >= 0.6 is 11.8 Å². The highest BCUT2D eigenvalue weighted by atomic mass is 32.2. The number of carbonyl (C=O) groups is 3. The number of aryl methyl sites for hydroxylation is 1. The van der Waals surface area contributed by atoms with Crippen LogP contribution in [0.4, 0.5) is 10.5 Å². The maximum absolute atomic E-state index is 14.3. The molecular weight excluding hydrogens is 546 g/mol. The van der Waals surface area contributed by atoms with Gasteiger partial charge in [-0.15, -0.1) is 0 Å². The summed E-state index contributed by atoms with van der Waals surface area (Å²) in [7, 11) is 0. The molecule has 3 aromatic rings. The molecule has 2 N–H and O–H groups in total. The van der Waals surface area contributed by atoms with Gasteiger partial charge in [-0.1, -0.05) is 79.9 Å². The van der Waals surface area contributed by atoms with Crippen LogP contribution in [0.25, 0.3) is 10.8 Å². The molecule has 7 nitrogen and oxygen atoms in total. The fourth-order valence-electron chi connectivity index (χ4n) is 4.74. The molecule has 0 radical (unpaired) electrons. The minimum Gasteiger partial charge on any atom is -0.444 e. The van der Waals surface area contributed by atoms with Crippen molar-refractivity contribution in [2.45, 2.75) is 78.0 Å². The molecule has 226 valence electrons. The number of anilines is 1. The molecule has 0 aliphatic heterocycles. The molecule has 0 spiro atoms. The Bertz CT molecular complexity index is 1340. The summed E-state index contributed by atoms with van der Waals surface area (Å²) in [5, 5.41) is 7.97. The van der Waals surface area contributed by atoms with Crippen molar-refractivity contribution in [3.05, 3.63) is 77.9 Å². The van der Waals surface area contributed by atoms with E-state index in [4.69, 9.17) is 4.74 Å². The third-order valence-electron chi connectivity index (χ3n) is 6.86. The standard InChI is InChI=1S/C34H45N3O4S/c1-7-8-11-21-37(32(39)29(20-22-42-6)36-33(40)41-34(3,4)5)30(26-16-14-24(2)15-17-26)31(38)35-28-19-18-25-12-9-10-13-27(25)23-28/h9-10,12-19,23,29-30H,7-8,11,20-22H2,1-6H3,(H,35,38)(H,36,40). The second-order valence-corrected chi connectivity index (χ2v) is 12.6. The van der Waals surface area contributed by atoms with Crippen molar-refractivity contribution in [2.75, 3.05) is 23.9 Å². The minimum absolute atomic E-state index is 0.301. The summed E-state index contributed by atoms with van der Waals surface area (Å²) in [6.07, 6.45) is 4.33. The van der Waals surface area contributed by atoms with Gasteiger partial charge in [-0.25, -0.2) is 4.79 Å². The van der Waals surface area contributed by atoms with Gasteiger partial charge in [0.05, 0.1) is 0 Å². The number of hydrogen-bond donors (Lipinski definition) is 2. The molecule has 2 atom stereocenters. The number of amides is 3. The Labute approximate surface area is 254 Å². The van der Waals surface area contributed by atoms with Gasteiger partial charge < -0.3 is 20.3 Å². The Morgan fingerprint density at radius 3 is 2.29 bits per heavy atom. The summed E-state index contributed by atoms with van der Waals surface area (Å²) in [6, 6.07) is 19.7. The molecule has 3 rings (SSSR count). The van der Waals surface area contributed by atoms with Gasteiger partial charge in [0.2, 0.25) is 5.91 Å². The first kappa shape index (κ1) is 33.0. The number of rotatable bonds is 13. The summed E-state index contributed by atoms with van der Waals surface area (Å²) in [6.45, 7) is 9.82. The van der Waals surface area contributed by atoms with Crippen molar-refractivity contribution in [3.8, 4) is 0 Å². The van der Waals surface area contributed by atoms with E-state index < -0.39 is 23.8 Å². The molecule has 0 saturated carbocycles. The number of carbonyl (C=O) groups excluding carboxylic acids is 3. The Hall–Kier alpha value is -3.52. The average molecular weight is 592 g/mol. The van der Waals surface area contributed by atoms with Crippen molar-refractivity contribution in [3.63, 3.8) is 0 Å². The lowest BCUT2D eigenvalue weighted by atomic mass is 10.00. The first-order valence-corrected chi connectivity index (χ1v) is 16.1. The molecule has 8 heteroatoms. The Morgan fingerprint density at radius 2 is 1.64 bits per heavy atom. The van der Waals surface area contributed by atoms with E-state index in [1.165, 1.54) is 0 Å². The molecule has 3 aromatic carbocycles. The van der Waals surface area contributed by atoms with E-state index in [1.807, 2.05) is 79.9 Å². The van der Waals surface area contributed by atoms with Crippen molar-refractivity contribution < 1.29 is 19.1 Å². The predicted octanol–water partition coefficient (Wildman–Crippen LogP) is 7.49. The molecule has 42 heavy (non-hydrogen) atoms. The monoisotopic (exact) mass is 591 g/mol. The van der Waals surface area contributed by atoms with E-state index in [9.17, 15) is 14.4 Å². The molecule has 0 aliphatic rings. The second-order valence-electron chi connectivity index (χ2n) is 11.6. The van der Waals surface area contributed by atoms with Gasteiger partial charge in [0.1, 0.15) is 17.7 Å². The number of alkyl carbamates (subject to hydrolysis) is 1. The van der Waals surface area contributed by atoms with Crippen molar-refractivity contribution >= 4 is 46.1 Å². The summed E-state index contributed by atoms with van der Waals surface area (Å²) in [5.41, 5.74) is 1.72. The number of nitrogens with one attached hydrogen (secondary N) is 2.